The highest BCUT2D eigenvalue weighted by molar-refractivity contribution is 7.99. The van der Waals surface area contributed by atoms with Gasteiger partial charge in [-0.1, -0.05) is 65.3 Å². The second kappa shape index (κ2) is 9.73. The number of aromatic nitrogens is 3. The number of para-hydroxylation sites is 1. The van der Waals surface area contributed by atoms with Crippen LogP contribution in [0.15, 0.2) is 71.9 Å². The standard InChI is InChI=1S/C23H17Cl2FN4OS/c1-14-7-8-15(11-18(14)24)22-28-29-23(30(22)17-5-3-2-4-6-17)32-13-21(31)27-16-9-10-20(26)19(25)12-16/h2-12H,13H2,1H3,(H,27,31). The quantitative estimate of drug-likeness (QED) is 0.319. The third-order valence-electron chi connectivity index (χ3n) is 4.61. The van der Waals surface area contributed by atoms with Gasteiger partial charge in [-0.15, -0.1) is 10.2 Å². The van der Waals surface area contributed by atoms with E-state index in [9.17, 15) is 9.18 Å². The molecule has 0 atom stereocenters. The highest BCUT2D eigenvalue weighted by Crippen LogP contribution is 2.30. The highest BCUT2D eigenvalue weighted by Gasteiger charge is 2.18. The molecule has 162 valence electrons. The highest BCUT2D eigenvalue weighted by atomic mass is 35.5. The Kier molecular flexibility index (Phi) is 6.79. The summed E-state index contributed by atoms with van der Waals surface area (Å²) in [6.07, 6.45) is 0. The number of hydrogen-bond donors (Lipinski definition) is 1. The van der Waals surface area contributed by atoms with Crippen LogP contribution in [-0.2, 0) is 4.79 Å². The Bertz CT molecular complexity index is 1280. The summed E-state index contributed by atoms with van der Waals surface area (Å²) in [6.45, 7) is 1.93. The molecule has 0 aliphatic rings. The topological polar surface area (TPSA) is 59.8 Å². The molecular formula is C23H17Cl2FN4OS. The van der Waals surface area contributed by atoms with Crippen LogP contribution in [0, 0.1) is 12.7 Å². The van der Waals surface area contributed by atoms with Gasteiger partial charge in [0.05, 0.1) is 10.8 Å². The predicted molar refractivity (Wildman–Crippen MR) is 127 cm³/mol. The molecule has 0 aliphatic carbocycles. The number of carbonyl (C=O) groups is 1. The first-order valence-electron chi connectivity index (χ1n) is 9.57. The number of hydrogen-bond acceptors (Lipinski definition) is 4. The molecule has 4 aromatic rings. The number of anilines is 1. The van der Waals surface area contributed by atoms with Crippen LogP contribution in [0.1, 0.15) is 5.56 Å². The number of amides is 1. The van der Waals surface area contributed by atoms with Crippen LogP contribution >= 0.6 is 35.0 Å². The smallest absolute Gasteiger partial charge is 0.234 e. The van der Waals surface area contributed by atoms with Crippen LogP contribution in [0.5, 0.6) is 0 Å². The van der Waals surface area contributed by atoms with Gasteiger partial charge in [0.1, 0.15) is 5.82 Å². The normalized spacial score (nSPS) is 10.9. The minimum Gasteiger partial charge on any atom is -0.325 e. The fourth-order valence-corrected chi connectivity index (χ4v) is 4.11. The number of aryl methyl sites for hydroxylation is 1. The van der Waals surface area contributed by atoms with E-state index >= 15 is 0 Å². The molecule has 1 heterocycles. The SMILES string of the molecule is Cc1ccc(-c2nnc(SCC(=O)Nc3ccc(F)c(Cl)c3)n2-c2ccccc2)cc1Cl. The number of nitrogens with one attached hydrogen (secondary N) is 1. The van der Waals surface area contributed by atoms with Crippen molar-refractivity contribution in [3.8, 4) is 17.1 Å². The Morgan fingerprint density at radius 1 is 1.03 bits per heavy atom. The minimum atomic E-state index is -0.543. The molecule has 32 heavy (non-hydrogen) atoms. The van der Waals surface area contributed by atoms with Crippen molar-refractivity contribution in [2.24, 2.45) is 0 Å². The Hall–Kier alpha value is -2.87. The molecular weight excluding hydrogens is 470 g/mol. The molecule has 1 N–H and O–H groups in total. The number of nitrogens with zero attached hydrogens (tertiary/aromatic N) is 3. The molecule has 1 aromatic heterocycles. The molecule has 0 radical (unpaired) electrons. The fourth-order valence-electron chi connectivity index (χ4n) is 2.99. The second-order valence-corrected chi connectivity index (χ2v) is 8.66. The lowest BCUT2D eigenvalue weighted by atomic mass is 10.1. The zero-order valence-corrected chi connectivity index (χ0v) is 19.2. The summed E-state index contributed by atoms with van der Waals surface area (Å²) >= 11 is 13.3. The Morgan fingerprint density at radius 3 is 2.53 bits per heavy atom. The summed E-state index contributed by atoms with van der Waals surface area (Å²) < 4.78 is 15.2. The van der Waals surface area contributed by atoms with Crippen LogP contribution in [0.25, 0.3) is 17.1 Å². The van der Waals surface area contributed by atoms with Crippen molar-refractivity contribution in [1.82, 2.24) is 14.8 Å². The van der Waals surface area contributed by atoms with Crippen molar-refractivity contribution >= 4 is 46.6 Å². The first kappa shape index (κ1) is 22.3. The molecule has 0 aliphatic heterocycles. The van der Waals surface area contributed by atoms with E-state index in [0.29, 0.717) is 21.7 Å². The molecule has 0 saturated carbocycles. The van der Waals surface area contributed by atoms with Gasteiger partial charge in [0.25, 0.3) is 0 Å². The molecule has 0 bridgehead atoms. The third-order valence-corrected chi connectivity index (χ3v) is 6.24. The van der Waals surface area contributed by atoms with E-state index in [-0.39, 0.29) is 16.7 Å². The third kappa shape index (κ3) is 4.96. The van der Waals surface area contributed by atoms with Crippen LogP contribution in [-0.4, -0.2) is 26.4 Å². The molecule has 0 saturated heterocycles. The second-order valence-electron chi connectivity index (χ2n) is 6.91. The first-order valence-corrected chi connectivity index (χ1v) is 11.3. The molecule has 4 rings (SSSR count). The molecule has 5 nitrogen and oxygen atoms in total. The average Bonchev–Trinajstić information content (AvgIpc) is 3.21. The van der Waals surface area contributed by atoms with Gasteiger partial charge in [0.2, 0.25) is 5.91 Å². The maximum absolute atomic E-state index is 13.3. The van der Waals surface area contributed by atoms with Gasteiger partial charge in [0.15, 0.2) is 11.0 Å². The average molecular weight is 487 g/mol. The van der Waals surface area contributed by atoms with Gasteiger partial charge in [-0.25, -0.2) is 4.39 Å². The maximum atomic E-state index is 13.3. The van der Waals surface area contributed by atoms with E-state index in [4.69, 9.17) is 23.2 Å². The van der Waals surface area contributed by atoms with Crippen LogP contribution < -0.4 is 5.32 Å². The zero-order valence-electron chi connectivity index (χ0n) is 16.8. The van der Waals surface area contributed by atoms with Crippen molar-refractivity contribution in [3.05, 3.63) is 88.2 Å². The number of thioether (sulfide) groups is 1. The van der Waals surface area contributed by atoms with Gasteiger partial charge in [0, 0.05) is 22.0 Å². The maximum Gasteiger partial charge on any atom is 0.234 e. The van der Waals surface area contributed by atoms with Gasteiger partial charge < -0.3 is 5.32 Å². The predicted octanol–water partition coefficient (Wildman–Crippen LogP) is 6.42. The van der Waals surface area contributed by atoms with E-state index in [1.165, 1.54) is 30.0 Å². The number of benzene rings is 3. The Labute approximate surface area is 198 Å². The molecule has 3 aromatic carbocycles. The number of halogens is 3. The van der Waals surface area contributed by atoms with E-state index in [1.807, 2.05) is 60.0 Å². The first-order chi connectivity index (χ1) is 15.4. The van der Waals surface area contributed by atoms with Gasteiger partial charge in [-0.2, -0.15) is 0 Å². The number of carbonyl (C=O) groups excluding carboxylic acids is 1. The van der Waals surface area contributed by atoms with Gasteiger partial charge in [-0.3, -0.25) is 9.36 Å². The van der Waals surface area contributed by atoms with E-state index in [0.717, 1.165) is 16.8 Å². The summed E-state index contributed by atoms with van der Waals surface area (Å²) in [6, 6.07) is 19.4. The fraction of sp³-hybridized carbons (Fsp3) is 0.0870. The summed E-state index contributed by atoms with van der Waals surface area (Å²) in [4.78, 5) is 12.4. The molecule has 0 unspecified atom stereocenters. The van der Waals surface area contributed by atoms with Crippen molar-refractivity contribution < 1.29 is 9.18 Å². The molecule has 0 fully saturated rings. The minimum absolute atomic E-state index is 0.0549. The van der Waals surface area contributed by atoms with E-state index in [1.54, 1.807) is 0 Å². The van der Waals surface area contributed by atoms with Crippen molar-refractivity contribution in [3.63, 3.8) is 0 Å². The molecule has 9 heteroatoms. The molecule has 0 spiro atoms. The number of rotatable bonds is 6. The van der Waals surface area contributed by atoms with Gasteiger partial charge >= 0.3 is 0 Å². The van der Waals surface area contributed by atoms with Crippen LogP contribution in [0.3, 0.4) is 0 Å². The summed E-state index contributed by atoms with van der Waals surface area (Å²) in [5.41, 5.74) is 3.06. The van der Waals surface area contributed by atoms with Crippen LogP contribution in [0.4, 0.5) is 10.1 Å². The summed E-state index contributed by atoms with van der Waals surface area (Å²) in [5, 5.41) is 12.5. The van der Waals surface area contributed by atoms with Crippen molar-refractivity contribution in [2.45, 2.75) is 12.1 Å². The van der Waals surface area contributed by atoms with Crippen molar-refractivity contribution in [1.29, 1.82) is 0 Å². The van der Waals surface area contributed by atoms with E-state index in [2.05, 4.69) is 15.5 Å². The lowest BCUT2D eigenvalue weighted by molar-refractivity contribution is -0.113. The van der Waals surface area contributed by atoms with Gasteiger partial charge in [-0.05, 0) is 48.9 Å². The molecule has 1 amide bonds. The Morgan fingerprint density at radius 2 is 1.81 bits per heavy atom. The lowest BCUT2D eigenvalue weighted by Crippen LogP contribution is -2.14. The Balaban J connectivity index is 1.59. The van der Waals surface area contributed by atoms with E-state index < -0.39 is 5.82 Å². The largest absolute Gasteiger partial charge is 0.325 e. The summed E-state index contributed by atoms with van der Waals surface area (Å²) in [7, 11) is 0. The summed E-state index contributed by atoms with van der Waals surface area (Å²) in [5.74, 6) is -0.125. The lowest BCUT2D eigenvalue weighted by Gasteiger charge is -2.11. The van der Waals surface area contributed by atoms with Crippen molar-refractivity contribution in [2.75, 3.05) is 11.1 Å². The monoisotopic (exact) mass is 486 g/mol. The van der Waals surface area contributed by atoms with Crippen LogP contribution in [0.2, 0.25) is 10.0 Å². The zero-order chi connectivity index (χ0) is 22.7.